The van der Waals surface area contributed by atoms with E-state index in [0.717, 1.165) is 49.2 Å². The van der Waals surface area contributed by atoms with Crippen molar-refractivity contribution in [3.05, 3.63) is 54.1 Å². The molecule has 1 heterocycles. The zero-order valence-electron chi connectivity index (χ0n) is 15.1. The van der Waals surface area contributed by atoms with E-state index in [2.05, 4.69) is 36.1 Å². The topological polar surface area (TPSA) is 47.3 Å². The van der Waals surface area contributed by atoms with Crippen LogP contribution in [0.2, 0.25) is 0 Å². The third-order valence-electron chi connectivity index (χ3n) is 5.82. The third-order valence-corrected chi connectivity index (χ3v) is 5.82. The normalized spacial score (nSPS) is 18.4. The minimum atomic E-state index is 0.0909. The predicted octanol–water partition coefficient (Wildman–Crippen LogP) is 4.82. The zero-order valence-corrected chi connectivity index (χ0v) is 15.1. The van der Waals surface area contributed by atoms with E-state index in [0.29, 0.717) is 5.75 Å². The van der Waals surface area contributed by atoms with Crippen LogP contribution in [0.25, 0.3) is 11.1 Å². The molecule has 1 N–H and O–H groups in total. The highest BCUT2D eigenvalue weighted by atomic mass is 16.3. The molecule has 1 fully saturated rings. The smallest absolute Gasteiger partial charge is 0.120 e. The first-order chi connectivity index (χ1) is 12.0. The minimum Gasteiger partial charge on any atom is -0.508 e. The van der Waals surface area contributed by atoms with Crippen LogP contribution >= 0.6 is 0 Å². The van der Waals surface area contributed by atoms with Gasteiger partial charge in [-0.05, 0) is 55.5 Å². The summed E-state index contributed by atoms with van der Waals surface area (Å²) in [6.45, 7) is 6.97. The number of phenols is 1. The molecule has 3 nitrogen and oxygen atoms in total. The van der Waals surface area contributed by atoms with E-state index < -0.39 is 0 Å². The predicted molar refractivity (Wildman–Crippen MR) is 101 cm³/mol. The van der Waals surface area contributed by atoms with Gasteiger partial charge in [0.25, 0.3) is 0 Å². The third kappa shape index (κ3) is 3.86. The first kappa shape index (κ1) is 17.5. The summed E-state index contributed by atoms with van der Waals surface area (Å²) in [7, 11) is 0. The Hall–Kier alpha value is -2.31. The number of phenolic OH excluding ortho intramolecular Hbond substituents is 1. The Bertz CT molecular complexity index is 755. The van der Waals surface area contributed by atoms with E-state index in [4.69, 9.17) is 0 Å². The van der Waals surface area contributed by atoms with Crippen molar-refractivity contribution < 1.29 is 5.11 Å². The number of aromatic hydroxyl groups is 1. The van der Waals surface area contributed by atoms with Crippen LogP contribution in [0.1, 0.15) is 32.3 Å². The molecule has 0 radical (unpaired) electrons. The minimum absolute atomic E-state index is 0.0909. The van der Waals surface area contributed by atoms with Crippen molar-refractivity contribution in [1.29, 1.82) is 5.26 Å². The number of hydrogen-bond donors (Lipinski definition) is 1. The highest BCUT2D eigenvalue weighted by Crippen LogP contribution is 2.38. The first-order valence-electron chi connectivity index (χ1n) is 9.01. The maximum Gasteiger partial charge on any atom is 0.120 e. The van der Waals surface area contributed by atoms with Gasteiger partial charge in [-0.15, -0.1) is 0 Å². The fourth-order valence-corrected chi connectivity index (χ4v) is 3.56. The molecular formula is C22H26N2O. The molecule has 2 aromatic rings. The van der Waals surface area contributed by atoms with Crippen LogP contribution in [-0.2, 0) is 6.54 Å². The maximum atomic E-state index is 10.4. The van der Waals surface area contributed by atoms with E-state index in [1.54, 1.807) is 0 Å². The number of rotatable bonds is 4. The molecule has 0 spiro atoms. The summed E-state index contributed by atoms with van der Waals surface area (Å²) in [5.41, 5.74) is 3.24. The molecule has 1 saturated heterocycles. The highest BCUT2D eigenvalue weighted by molar-refractivity contribution is 5.65. The molecule has 130 valence electrons. The van der Waals surface area contributed by atoms with Gasteiger partial charge in [0.05, 0.1) is 6.07 Å². The number of piperidine rings is 1. The van der Waals surface area contributed by atoms with Crippen molar-refractivity contribution in [1.82, 2.24) is 4.90 Å². The maximum absolute atomic E-state index is 10.4. The number of nitriles is 1. The Labute approximate surface area is 150 Å². The van der Waals surface area contributed by atoms with Gasteiger partial charge < -0.3 is 5.11 Å². The number of nitrogens with zero attached hydrogens (tertiary/aromatic N) is 2. The molecule has 1 unspecified atom stereocenters. The molecule has 25 heavy (non-hydrogen) atoms. The highest BCUT2D eigenvalue weighted by Gasteiger charge is 2.35. The summed E-state index contributed by atoms with van der Waals surface area (Å²) in [5.74, 6) is 0.452. The molecule has 3 rings (SSSR count). The lowest BCUT2D eigenvalue weighted by atomic mass is 9.71. The van der Waals surface area contributed by atoms with E-state index in [1.807, 2.05) is 37.3 Å². The second-order valence-electron chi connectivity index (χ2n) is 7.49. The summed E-state index contributed by atoms with van der Waals surface area (Å²) in [5, 5.41) is 19.7. The Morgan fingerprint density at radius 3 is 2.40 bits per heavy atom. The fourth-order valence-electron chi connectivity index (χ4n) is 3.56. The Morgan fingerprint density at radius 1 is 1.12 bits per heavy atom. The summed E-state index contributed by atoms with van der Waals surface area (Å²) < 4.78 is 0. The van der Waals surface area contributed by atoms with Crippen molar-refractivity contribution in [2.75, 3.05) is 13.1 Å². The second kappa shape index (κ2) is 7.29. The molecule has 1 atom stereocenters. The van der Waals surface area contributed by atoms with Gasteiger partial charge in [-0.2, -0.15) is 5.26 Å². The van der Waals surface area contributed by atoms with Crippen LogP contribution in [0.15, 0.2) is 48.5 Å². The van der Waals surface area contributed by atoms with Crippen molar-refractivity contribution in [2.24, 2.45) is 11.3 Å². The van der Waals surface area contributed by atoms with Crippen LogP contribution in [0.5, 0.6) is 5.75 Å². The van der Waals surface area contributed by atoms with Crippen molar-refractivity contribution in [2.45, 2.75) is 33.2 Å². The molecule has 0 aromatic heterocycles. The molecule has 1 aliphatic heterocycles. The van der Waals surface area contributed by atoms with E-state index >= 15 is 0 Å². The largest absolute Gasteiger partial charge is 0.508 e. The Balaban J connectivity index is 1.66. The van der Waals surface area contributed by atoms with E-state index in [-0.39, 0.29) is 11.3 Å². The summed E-state index contributed by atoms with van der Waals surface area (Å²) >= 11 is 0. The molecule has 0 saturated carbocycles. The quantitative estimate of drug-likeness (QED) is 0.872. The van der Waals surface area contributed by atoms with Gasteiger partial charge in [0.15, 0.2) is 0 Å². The van der Waals surface area contributed by atoms with E-state index in [9.17, 15) is 10.4 Å². The second-order valence-corrected chi connectivity index (χ2v) is 7.49. The summed E-state index contributed by atoms with van der Waals surface area (Å²) in [6, 6.07) is 18.5. The molecule has 0 aliphatic carbocycles. The van der Waals surface area contributed by atoms with Crippen LogP contribution in [0.4, 0.5) is 0 Å². The van der Waals surface area contributed by atoms with Gasteiger partial charge >= 0.3 is 0 Å². The Morgan fingerprint density at radius 2 is 1.80 bits per heavy atom. The summed E-state index contributed by atoms with van der Waals surface area (Å²) in [6.07, 6.45) is 2.06. The van der Waals surface area contributed by atoms with Gasteiger partial charge in [-0.25, -0.2) is 0 Å². The van der Waals surface area contributed by atoms with Crippen LogP contribution in [0.3, 0.4) is 0 Å². The molecule has 0 amide bonds. The molecule has 3 heteroatoms. The Kier molecular flexibility index (Phi) is 5.11. The van der Waals surface area contributed by atoms with E-state index in [1.165, 1.54) is 0 Å². The number of likely N-dealkylation sites (tertiary alicyclic amines) is 1. The zero-order chi connectivity index (χ0) is 17.9. The number of benzene rings is 2. The van der Waals surface area contributed by atoms with Crippen LogP contribution < -0.4 is 0 Å². The molecule has 0 bridgehead atoms. The monoisotopic (exact) mass is 334 g/mol. The molecule has 2 aromatic carbocycles. The molecule has 1 aliphatic rings. The lowest BCUT2D eigenvalue weighted by molar-refractivity contribution is 0.0860. The van der Waals surface area contributed by atoms with Gasteiger partial charge in [0, 0.05) is 18.0 Å². The molecular weight excluding hydrogens is 308 g/mol. The van der Waals surface area contributed by atoms with Crippen LogP contribution in [-0.4, -0.2) is 23.1 Å². The lowest BCUT2D eigenvalue weighted by Gasteiger charge is -2.41. The van der Waals surface area contributed by atoms with Gasteiger partial charge in [0.2, 0.25) is 0 Å². The van der Waals surface area contributed by atoms with Gasteiger partial charge in [0.1, 0.15) is 5.75 Å². The van der Waals surface area contributed by atoms with Crippen molar-refractivity contribution >= 4 is 0 Å². The van der Waals surface area contributed by atoms with Crippen molar-refractivity contribution in [3.63, 3.8) is 0 Å². The SMILES string of the molecule is CC(C#N)C1(C)CCN(Cc2ccc(-c3ccccc3)cc2O)CC1. The van der Waals surface area contributed by atoms with Gasteiger partial charge in [-0.1, -0.05) is 49.4 Å². The standard InChI is InChI=1S/C22H26N2O/c1-17(15-23)22(2)10-12-24(13-11-22)16-20-9-8-19(14-21(20)25)18-6-4-3-5-7-18/h3-9,14,17,25H,10-13,16H2,1-2H3. The van der Waals surface area contributed by atoms with Crippen molar-refractivity contribution in [3.8, 4) is 22.9 Å². The number of hydrogen-bond acceptors (Lipinski definition) is 3. The van der Waals surface area contributed by atoms with Crippen LogP contribution in [0, 0.1) is 22.7 Å². The average molecular weight is 334 g/mol. The average Bonchev–Trinajstić information content (AvgIpc) is 2.65. The lowest BCUT2D eigenvalue weighted by Crippen LogP contribution is -2.41. The summed E-state index contributed by atoms with van der Waals surface area (Å²) in [4.78, 5) is 2.38. The fraction of sp³-hybridized carbons (Fsp3) is 0.409. The van der Waals surface area contributed by atoms with Gasteiger partial charge in [-0.3, -0.25) is 4.90 Å². The first-order valence-corrected chi connectivity index (χ1v) is 9.01.